The summed E-state index contributed by atoms with van der Waals surface area (Å²) >= 11 is 0. The summed E-state index contributed by atoms with van der Waals surface area (Å²) < 4.78 is 12.7. The molecule has 0 saturated heterocycles. The van der Waals surface area contributed by atoms with E-state index in [1.165, 1.54) is 54.6 Å². The van der Waals surface area contributed by atoms with Crippen molar-refractivity contribution < 1.29 is 8.83 Å². The number of hydrogen-bond acceptors (Lipinski definition) is 2. The van der Waals surface area contributed by atoms with Gasteiger partial charge in [-0.2, -0.15) is 0 Å². The van der Waals surface area contributed by atoms with Crippen LogP contribution in [0.15, 0.2) is 148 Å². The van der Waals surface area contributed by atoms with E-state index in [0.29, 0.717) is 0 Å². The minimum absolute atomic E-state index is 0.804. The van der Waals surface area contributed by atoms with E-state index in [0.717, 1.165) is 49.4 Å². The average Bonchev–Trinajstić information content (AvgIpc) is 3.66. The molecule has 0 aliphatic rings. The van der Waals surface area contributed by atoms with Gasteiger partial charge in [0.2, 0.25) is 0 Å². The van der Waals surface area contributed by atoms with Crippen molar-refractivity contribution in [3.63, 3.8) is 0 Å². The van der Waals surface area contributed by atoms with Crippen LogP contribution in [0.1, 0.15) is 5.56 Å². The first-order chi connectivity index (χ1) is 22.2. The van der Waals surface area contributed by atoms with Crippen LogP contribution >= 0.6 is 0 Å². The molecule has 2 heteroatoms. The molecule has 8 aromatic carbocycles. The normalized spacial score (nSPS) is 12.1. The Hall–Kier alpha value is -5.86. The molecule has 210 valence electrons. The zero-order valence-corrected chi connectivity index (χ0v) is 24.6. The Kier molecular flexibility index (Phi) is 4.95. The SMILES string of the molecule is Cc1ccc2oc3c(ccc4c5cc(-c6cccc(-c7ccc8c9ccccc9c9ccccc9c8c7)c6)ccc5oc43)c2c1. The first-order valence-electron chi connectivity index (χ1n) is 15.4. The van der Waals surface area contributed by atoms with E-state index in [2.05, 4.69) is 140 Å². The Morgan fingerprint density at radius 3 is 1.38 bits per heavy atom. The third-order valence-corrected chi connectivity index (χ3v) is 9.50. The topological polar surface area (TPSA) is 26.3 Å². The second kappa shape index (κ2) is 9.07. The lowest BCUT2D eigenvalue weighted by molar-refractivity contribution is 0.633. The van der Waals surface area contributed by atoms with Crippen LogP contribution in [0.5, 0.6) is 0 Å². The minimum Gasteiger partial charge on any atom is -0.452 e. The first kappa shape index (κ1) is 24.6. The Labute approximate surface area is 258 Å². The third-order valence-electron chi connectivity index (χ3n) is 9.50. The zero-order valence-electron chi connectivity index (χ0n) is 24.6. The lowest BCUT2D eigenvalue weighted by Crippen LogP contribution is -1.85. The van der Waals surface area contributed by atoms with Gasteiger partial charge < -0.3 is 8.83 Å². The van der Waals surface area contributed by atoms with Crippen LogP contribution in [0, 0.1) is 6.92 Å². The summed E-state index contributed by atoms with van der Waals surface area (Å²) in [5, 5.41) is 12.1. The van der Waals surface area contributed by atoms with Crippen molar-refractivity contribution in [2.45, 2.75) is 6.92 Å². The van der Waals surface area contributed by atoms with Gasteiger partial charge in [-0.25, -0.2) is 0 Å². The van der Waals surface area contributed by atoms with Crippen LogP contribution in [0.2, 0.25) is 0 Å². The predicted molar refractivity (Wildman–Crippen MR) is 189 cm³/mol. The van der Waals surface area contributed by atoms with Crippen molar-refractivity contribution >= 4 is 76.2 Å². The minimum atomic E-state index is 0.804. The number of rotatable bonds is 2. The predicted octanol–water partition coefficient (Wildman–Crippen LogP) is 12.6. The highest BCUT2D eigenvalue weighted by atomic mass is 16.4. The highest BCUT2D eigenvalue weighted by Crippen LogP contribution is 2.41. The van der Waals surface area contributed by atoms with Crippen LogP contribution in [-0.4, -0.2) is 0 Å². The van der Waals surface area contributed by atoms with Gasteiger partial charge in [-0.3, -0.25) is 0 Å². The third kappa shape index (κ3) is 3.57. The second-order valence-corrected chi connectivity index (χ2v) is 12.2. The van der Waals surface area contributed by atoms with Gasteiger partial charge in [-0.05, 0) is 110 Å². The smallest absolute Gasteiger partial charge is 0.178 e. The summed E-state index contributed by atoms with van der Waals surface area (Å²) in [5.41, 5.74) is 9.32. The average molecular weight is 575 g/mol. The van der Waals surface area contributed by atoms with E-state index in [-0.39, 0.29) is 0 Å². The molecule has 0 aliphatic heterocycles. The van der Waals surface area contributed by atoms with Crippen LogP contribution in [0.4, 0.5) is 0 Å². The second-order valence-electron chi connectivity index (χ2n) is 12.2. The molecule has 0 bridgehead atoms. The molecule has 0 N–H and O–H groups in total. The summed E-state index contributed by atoms with van der Waals surface area (Å²) in [6, 6.07) is 50.4. The number of hydrogen-bond donors (Lipinski definition) is 0. The van der Waals surface area contributed by atoms with Crippen LogP contribution in [0.3, 0.4) is 0 Å². The maximum absolute atomic E-state index is 6.42. The van der Waals surface area contributed by atoms with Crippen molar-refractivity contribution in [1.29, 1.82) is 0 Å². The molecule has 0 amide bonds. The standard InChI is InChI=1S/C43H26O2/c1-25-13-19-40-38(21-25)35-17-18-36-39-24-29(15-20-41(39)45-43(36)42(35)44-40)27-8-6-7-26(22-27)28-14-16-34-32-11-3-2-9-30(32)31-10-4-5-12-33(31)37(34)23-28/h2-24H,1H3. The highest BCUT2D eigenvalue weighted by Gasteiger charge is 2.17. The van der Waals surface area contributed by atoms with Gasteiger partial charge >= 0.3 is 0 Å². The van der Waals surface area contributed by atoms with Gasteiger partial charge in [0, 0.05) is 21.5 Å². The van der Waals surface area contributed by atoms with Crippen LogP contribution in [-0.2, 0) is 0 Å². The molecule has 2 aromatic heterocycles. The Bertz CT molecular complexity index is 2790. The van der Waals surface area contributed by atoms with Crippen molar-refractivity contribution in [3.05, 3.63) is 145 Å². The van der Waals surface area contributed by atoms with Crippen molar-refractivity contribution in [3.8, 4) is 22.3 Å². The molecule has 0 spiro atoms. The quantitative estimate of drug-likeness (QED) is 0.192. The fraction of sp³-hybridized carbons (Fsp3) is 0.0233. The van der Waals surface area contributed by atoms with Gasteiger partial charge in [0.25, 0.3) is 0 Å². The van der Waals surface area contributed by atoms with Gasteiger partial charge in [-0.1, -0.05) is 96.6 Å². The summed E-state index contributed by atoms with van der Waals surface area (Å²) in [7, 11) is 0. The number of furan rings is 2. The number of fused-ring (bicyclic) bond motifs is 13. The monoisotopic (exact) mass is 574 g/mol. The van der Waals surface area contributed by atoms with Crippen molar-refractivity contribution in [1.82, 2.24) is 0 Å². The molecule has 2 heterocycles. The molecule has 2 nitrogen and oxygen atoms in total. The van der Waals surface area contributed by atoms with E-state index < -0.39 is 0 Å². The molecule has 0 atom stereocenters. The molecular formula is C43H26O2. The van der Waals surface area contributed by atoms with Gasteiger partial charge in [0.1, 0.15) is 11.2 Å². The first-order valence-corrected chi connectivity index (χ1v) is 15.4. The highest BCUT2D eigenvalue weighted by molar-refractivity contribution is 6.26. The Morgan fingerprint density at radius 1 is 0.311 bits per heavy atom. The number of benzene rings is 8. The molecule has 10 aromatic rings. The Morgan fingerprint density at radius 2 is 0.756 bits per heavy atom. The maximum atomic E-state index is 6.42. The largest absolute Gasteiger partial charge is 0.452 e. The van der Waals surface area contributed by atoms with Crippen LogP contribution < -0.4 is 0 Å². The zero-order chi connectivity index (χ0) is 29.6. The molecule has 10 rings (SSSR count). The van der Waals surface area contributed by atoms with Crippen LogP contribution in [0.25, 0.3) is 98.4 Å². The summed E-state index contributed by atoms with van der Waals surface area (Å²) in [5.74, 6) is 0. The van der Waals surface area contributed by atoms with Gasteiger partial charge in [0.15, 0.2) is 11.2 Å². The van der Waals surface area contributed by atoms with E-state index in [1.54, 1.807) is 0 Å². The molecule has 0 unspecified atom stereocenters. The number of aryl methyl sites for hydroxylation is 1. The molecule has 0 radical (unpaired) electrons. The Balaban J connectivity index is 1.12. The molecule has 45 heavy (non-hydrogen) atoms. The fourth-order valence-corrected chi connectivity index (χ4v) is 7.33. The fourth-order valence-electron chi connectivity index (χ4n) is 7.33. The van der Waals surface area contributed by atoms with Gasteiger partial charge in [-0.15, -0.1) is 0 Å². The molecular weight excluding hydrogens is 548 g/mol. The van der Waals surface area contributed by atoms with E-state index in [9.17, 15) is 0 Å². The molecule has 0 aliphatic carbocycles. The lowest BCUT2D eigenvalue weighted by atomic mass is 9.91. The van der Waals surface area contributed by atoms with E-state index >= 15 is 0 Å². The van der Waals surface area contributed by atoms with E-state index in [1.807, 2.05) is 6.07 Å². The van der Waals surface area contributed by atoms with Crippen molar-refractivity contribution in [2.24, 2.45) is 0 Å². The lowest BCUT2D eigenvalue weighted by Gasteiger charge is -2.12. The summed E-state index contributed by atoms with van der Waals surface area (Å²) in [6.07, 6.45) is 0. The summed E-state index contributed by atoms with van der Waals surface area (Å²) in [6.45, 7) is 2.11. The maximum Gasteiger partial charge on any atom is 0.178 e. The summed E-state index contributed by atoms with van der Waals surface area (Å²) in [4.78, 5) is 0. The molecule has 0 fully saturated rings. The molecule has 0 saturated carbocycles. The van der Waals surface area contributed by atoms with E-state index in [4.69, 9.17) is 8.83 Å². The van der Waals surface area contributed by atoms with Gasteiger partial charge in [0.05, 0.1) is 0 Å². The van der Waals surface area contributed by atoms with Crippen molar-refractivity contribution in [2.75, 3.05) is 0 Å².